The van der Waals surface area contributed by atoms with Crippen molar-refractivity contribution in [1.82, 2.24) is 9.80 Å². The van der Waals surface area contributed by atoms with Gasteiger partial charge in [-0.15, -0.1) is 6.58 Å². The summed E-state index contributed by atoms with van der Waals surface area (Å²) >= 11 is 0. The number of nitrogens with zero attached hydrogens (tertiary/aromatic N) is 2. The number of hydrogen-bond donors (Lipinski definition) is 0. The average Bonchev–Trinajstić information content (AvgIpc) is 2.38. The summed E-state index contributed by atoms with van der Waals surface area (Å²) in [6, 6.07) is -0.592. The van der Waals surface area contributed by atoms with Gasteiger partial charge in [0.05, 0.1) is 0 Å². The van der Waals surface area contributed by atoms with Gasteiger partial charge in [0.25, 0.3) is 0 Å². The topological polar surface area (TPSA) is 57.7 Å². The first-order chi connectivity index (χ1) is 8.42. The van der Waals surface area contributed by atoms with Gasteiger partial charge in [0.15, 0.2) is 0 Å². The summed E-state index contributed by atoms with van der Waals surface area (Å²) in [7, 11) is 2.78. The highest BCUT2D eigenvalue weighted by atomic mass is 16.2. The van der Waals surface area contributed by atoms with Crippen molar-refractivity contribution in [2.75, 3.05) is 14.1 Å². The predicted molar refractivity (Wildman–Crippen MR) is 67.6 cm³/mol. The van der Waals surface area contributed by atoms with Crippen LogP contribution < -0.4 is 0 Å². The van der Waals surface area contributed by atoms with Crippen LogP contribution in [0.1, 0.15) is 19.8 Å². The highest BCUT2D eigenvalue weighted by Crippen LogP contribution is 2.36. The number of hydrogen-bond acceptors (Lipinski definition) is 3. The molecule has 0 radical (unpaired) electrons. The largest absolute Gasteiger partial charge is 0.332 e. The van der Waals surface area contributed by atoms with Crippen LogP contribution in [0.25, 0.3) is 0 Å². The predicted octanol–water partition coefficient (Wildman–Crippen LogP) is 1.57. The molecular formula is C13H18N2O3. The first-order valence-corrected chi connectivity index (χ1v) is 5.74. The van der Waals surface area contributed by atoms with Gasteiger partial charge in [-0.25, -0.2) is 4.79 Å². The van der Waals surface area contributed by atoms with Gasteiger partial charge in [-0.1, -0.05) is 18.2 Å². The zero-order chi connectivity index (χ0) is 13.9. The summed E-state index contributed by atoms with van der Waals surface area (Å²) in [6.07, 6.45) is 5.57. The first kappa shape index (κ1) is 14.2. The van der Waals surface area contributed by atoms with Crippen molar-refractivity contribution in [3.05, 3.63) is 24.8 Å². The molecule has 0 aromatic rings. The normalized spacial score (nSPS) is 19.8. The molecule has 0 N–H and O–H groups in total. The monoisotopic (exact) mass is 250 g/mol. The van der Waals surface area contributed by atoms with E-state index in [1.54, 1.807) is 12.2 Å². The molecule has 4 amide bonds. The van der Waals surface area contributed by atoms with E-state index in [9.17, 15) is 14.4 Å². The van der Waals surface area contributed by atoms with E-state index >= 15 is 0 Å². The van der Waals surface area contributed by atoms with Crippen LogP contribution in [-0.4, -0.2) is 41.7 Å². The fourth-order valence-corrected chi connectivity index (χ4v) is 2.13. The van der Waals surface area contributed by atoms with E-state index in [0.29, 0.717) is 0 Å². The lowest BCUT2D eigenvalue weighted by molar-refractivity contribution is -0.156. The fraction of sp³-hybridized carbons (Fsp3) is 0.462. The number of allylic oxidation sites excluding steroid dienone is 3. The molecule has 0 spiro atoms. The minimum Gasteiger partial charge on any atom is -0.273 e. The Kier molecular flexibility index (Phi) is 4.06. The van der Waals surface area contributed by atoms with Gasteiger partial charge in [-0.2, -0.15) is 0 Å². The van der Waals surface area contributed by atoms with E-state index in [0.717, 1.165) is 9.80 Å². The Bertz CT molecular complexity index is 402. The van der Waals surface area contributed by atoms with Crippen LogP contribution in [0.4, 0.5) is 4.79 Å². The van der Waals surface area contributed by atoms with Crippen LogP contribution in [0.5, 0.6) is 0 Å². The zero-order valence-electron chi connectivity index (χ0n) is 11.0. The molecule has 98 valence electrons. The number of urea groups is 1. The van der Waals surface area contributed by atoms with E-state index in [1.165, 1.54) is 20.2 Å². The standard InChI is InChI=1S/C13H18N2O3/c1-5-7-9-13(8-6-2)10(16)14(3)12(18)15(4)11(13)17/h5-7H,2,8-9H2,1,3-4H3. The Morgan fingerprint density at radius 2 is 1.61 bits per heavy atom. The zero-order valence-corrected chi connectivity index (χ0v) is 11.0. The van der Waals surface area contributed by atoms with E-state index in [-0.39, 0.29) is 12.8 Å². The molecule has 18 heavy (non-hydrogen) atoms. The molecule has 1 saturated heterocycles. The van der Waals surface area contributed by atoms with Gasteiger partial charge >= 0.3 is 6.03 Å². The van der Waals surface area contributed by atoms with Crippen molar-refractivity contribution in [2.24, 2.45) is 5.41 Å². The molecule has 0 unspecified atom stereocenters. The van der Waals surface area contributed by atoms with E-state index in [1.807, 2.05) is 6.92 Å². The van der Waals surface area contributed by atoms with Crippen LogP contribution in [0.2, 0.25) is 0 Å². The van der Waals surface area contributed by atoms with Crippen molar-refractivity contribution < 1.29 is 14.4 Å². The third kappa shape index (κ3) is 1.96. The third-order valence-corrected chi connectivity index (χ3v) is 3.20. The quantitative estimate of drug-likeness (QED) is 0.562. The second-order valence-electron chi connectivity index (χ2n) is 4.36. The summed E-state index contributed by atoms with van der Waals surface area (Å²) in [5.41, 5.74) is -1.23. The number of carbonyl (C=O) groups excluding carboxylic acids is 3. The maximum atomic E-state index is 12.3. The molecular weight excluding hydrogens is 232 g/mol. The number of imide groups is 2. The van der Waals surface area contributed by atoms with Crippen LogP contribution in [0, 0.1) is 5.41 Å². The molecule has 1 rings (SSSR count). The summed E-state index contributed by atoms with van der Waals surface area (Å²) in [6.45, 7) is 5.41. The molecule has 1 fully saturated rings. The summed E-state index contributed by atoms with van der Waals surface area (Å²) < 4.78 is 0. The molecule has 5 heteroatoms. The minimum atomic E-state index is -1.23. The smallest absolute Gasteiger partial charge is 0.273 e. The number of carbonyl (C=O) groups is 3. The molecule has 0 saturated carbocycles. The molecule has 1 heterocycles. The lowest BCUT2D eigenvalue weighted by Crippen LogP contribution is -2.62. The van der Waals surface area contributed by atoms with Crippen molar-refractivity contribution >= 4 is 17.8 Å². The molecule has 0 atom stereocenters. The van der Waals surface area contributed by atoms with Gasteiger partial charge in [0, 0.05) is 14.1 Å². The summed E-state index contributed by atoms with van der Waals surface area (Å²) in [5, 5.41) is 0. The molecule has 1 aliphatic rings. The van der Waals surface area contributed by atoms with E-state index in [2.05, 4.69) is 6.58 Å². The van der Waals surface area contributed by atoms with Crippen LogP contribution in [-0.2, 0) is 9.59 Å². The maximum absolute atomic E-state index is 12.3. The average molecular weight is 250 g/mol. The van der Waals surface area contributed by atoms with Crippen molar-refractivity contribution in [2.45, 2.75) is 19.8 Å². The van der Waals surface area contributed by atoms with Gasteiger partial charge < -0.3 is 0 Å². The highest BCUT2D eigenvalue weighted by molar-refractivity contribution is 6.18. The van der Waals surface area contributed by atoms with E-state index in [4.69, 9.17) is 0 Å². The van der Waals surface area contributed by atoms with Crippen molar-refractivity contribution in [3.8, 4) is 0 Å². The maximum Gasteiger partial charge on any atom is 0.332 e. The molecule has 1 aliphatic heterocycles. The Labute approximate surface area is 107 Å². The van der Waals surface area contributed by atoms with Gasteiger partial charge in [-0.05, 0) is 19.8 Å². The van der Waals surface area contributed by atoms with Gasteiger partial charge in [-0.3, -0.25) is 19.4 Å². The molecule has 0 aliphatic carbocycles. The highest BCUT2D eigenvalue weighted by Gasteiger charge is 2.53. The molecule has 0 aromatic carbocycles. The number of amides is 4. The van der Waals surface area contributed by atoms with E-state index < -0.39 is 23.3 Å². The minimum absolute atomic E-state index is 0.219. The molecule has 5 nitrogen and oxygen atoms in total. The third-order valence-electron chi connectivity index (χ3n) is 3.20. The SMILES string of the molecule is C=CCC1(CC=CC)C(=O)N(C)C(=O)N(C)C1=O. The van der Waals surface area contributed by atoms with Crippen molar-refractivity contribution in [3.63, 3.8) is 0 Å². The Morgan fingerprint density at radius 3 is 2.00 bits per heavy atom. The lowest BCUT2D eigenvalue weighted by atomic mass is 9.77. The second-order valence-corrected chi connectivity index (χ2v) is 4.36. The first-order valence-electron chi connectivity index (χ1n) is 5.74. The Hall–Kier alpha value is -1.91. The fourth-order valence-electron chi connectivity index (χ4n) is 2.13. The number of barbiturate groups is 1. The van der Waals surface area contributed by atoms with Crippen LogP contribution in [0.3, 0.4) is 0 Å². The van der Waals surface area contributed by atoms with Crippen LogP contribution in [0.15, 0.2) is 24.8 Å². The van der Waals surface area contributed by atoms with Crippen LogP contribution >= 0.6 is 0 Å². The van der Waals surface area contributed by atoms with Gasteiger partial charge in [0.1, 0.15) is 5.41 Å². The van der Waals surface area contributed by atoms with Gasteiger partial charge in [0.2, 0.25) is 11.8 Å². The summed E-state index contributed by atoms with van der Waals surface area (Å²) in [5.74, 6) is -0.929. The molecule has 0 bridgehead atoms. The number of rotatable bonds is 4. The molecule has 0 aromatic heterocycles. The summed E-state index contributed by atoms with van der Waals surface area (Å²) in [4.78, 5) is 38.2. The lowest BCUT2D eigenvalue weighted by Gasteiger charge is -2.40. The Balaban J connectivity index is 3.27. The second kappa shape index (κ2) is 5.16. The van der Waals surface area contributed by atoms with Crippen molar-refractivity contribution in [1.29, 1.82) is 0 Å². The Morgan fingerprint density at radius 1 is 1.11 bits per heavy atom.